The molecule has 1 aromatic heterocycles. The molecule has 0 bridgehead atoms. The summed E-state index contributed by atoms with van der Waals surface area (Å²) < 4.78 is 11.2. The number of halogens is 1. The fourth-order valence-electron chi connectivity index (χ4n) is 3.95. The fourth-order valence-corrected chi connectivity index (χ4v) is 4.11. The van der Waals surface area contributed by atoms with E-state index in [1.165, 1.54) is 0 Å². The van der Waals surface area contributed by atoms with Gasteiger partial charge in [-0.1, -0.05) is 78.3 Å². The highest BCUT2D eigenvalue weighted by atomic mass is 35.5. The monoisotopic (exact) mass is 458 g/mol. The van der Waals surface area contributed by atoms with Crippen LogP contribution in [-0.4, -0.2) is 24.1 Å². The van der Waals surface area contributed by atoms with Gasteiger partial charge in [-0.15, -0.1) is 0 Å². The first-order valence-corrected chi connectivity index (χ1v) is 11.2. The lowest BCUT2D eigenvalue weighted by Crippen LogP contribution is -2.23. The number of aromatic nitrogens is 1. The van der Waals surface area contributed by atoms with Crippen LogP contribution in [0.25, 0.3) is 11.1 Å². The number of para-hydroxylation sites is 2. The van der Waals surface area contributed by atoms with Gasteiger partial charge < -0.3 is 9.47 Å². The van der Waals surface area contributed by atoms with E-state index in [1.54, 1.807) is 14.2 Å². The number of benzene rings is 3. The van der Waals surface area contributed by atoms with Gasteiger partial charge in [-0.25, -0.2) is 4.98 Å². The van der Waals surface area contributed by atoms with Crippen LogP contribution in [0.5, 0.6) is 11.5 Å². The first-order valence-electron chi connectivity index (χ1n) is 10.8. The summed E-state index contributed by atoms with van der Waals surface area (Å²) in [5.74, 6) is 1.73. The standard InChI is InChI=1S/C28H27ClN2O2/c1-32-26-14-8-6-12-22(26)18-31(19-23-13-7-9-15-27(23)33-2)20-25-16-24(17-30-28(25)29)21-10-4-3-5-11-21/h3-17H,18-20H2,1-2H3. The summed E-state index contributed by atoms with van der Waals surface area (Å²) in [7, 11) is 3.40. The van der Waals surface area contributed by atoms with E-state index in [4.69, 9.17) is 21.1 Å². The Morgan fingerprint density at radius 3 is 1.76 bits per heavy atom. The van der Waals surface area contributed by atoms with Gasteiger partial charge in [0.1, 0.15) is 16.7 Å². The molecule has 0 spiro atoms. The molecule has 4 nitrogen and oxygen atoms in total. The number of hydrogen-bond donors (Lipinski definition) is 0. The molecule has 0 fully saturated rings. The van der Waals surface area contributed by atoms with Crippen molar-refractivity contribution in [3.8, 4) is 22.6 Å². The summed E-state index contributed by atoms with van der Waals surface area (Å²) in [6.45, 7) is 2.00. The number of hydrogen-bond acceptors (Lipinski definition) is 4. The molecule has 168 valence electrons. The van der Waals surface area contributed by atoms with Gasteiger partial charge in [-0.3, -0.25) is 4.90 Å². The first kappa shape index (κ1) is 22.8. The van der Waals surface area contributed by atoms with E-state index in [0.29, 0.717) is 24.8 Å². The smallest absolute Gasteiger partial charge is 0.133 e. The molecule has 0 N–H and O–H groups in total. The van der Waals surface area contributed by atoms with E-state index in [-0.39, 0.29) is 0 Å². The molecule has 0 saturated heterocycles. The van der Waals surface area contributed by atoms with Crippen LogP contribution in [-0.2, 0) is 19.6 Å². The van der Waals surface area contributed by atoms with E-state index >= 15 is 0 Å². The maximum atomic E-state index is 6.56. The summed E-state index contributed by atoms with van der Waals surface area (Å²) >= 11 is 6.56. The number of rotatable bonds is 9. The zero-order valence-corrected chi connectivity index (χ0v) is 19.6. The second-order valence-electron chi connectivity index (χ2n) is 7.81. The second kappa shape index (κ2) is 11.0. The predicted octanol–water partition coefficient (Wildman–Crippen LogP) is 6.62. The summed E-state index contributed by atoms with van der Waals surface area (Å²) in [4.78, 5) is 6.81. The molecule has 4 rings (SSSR count). The molecule has 3 aromatic carbocycles. The molecule has 0 aliphatic rings. The summed E-state index contributed by atoms with van der Waals surface area (Å²) in [6, 6.07) is 28.5. The molecule has 0 unspecified atom stereocenters. The highest BCUT2D eigenvalue weighted by Crippen LogP contribution is 2.28. The van der Waals surface area contributed by atoms with Crippen molar-refractivity contribution < 1.29 is 9.47 Å². The Morgan fingerprint density at radius 1 is 0.667 bits per heavy atom. The molecule has 0 atom stereocenters. The molecule has 5 heteroatoms. The maximum Gasteiger partial charge on any atom is 0.133 e. The number of methoxy groups -OCH3 is 2. The molecular formula is C28H27ClN2O2. The molecule has 4 aromatic rings. The van der Waals surface area contributed by atoms with Crippen LogP contribution in [0.1, 0.15) is 16.7 Å². The van der Waals surface area contributed by atoms with E-state index in [0.717, 1.165) is 39.3 Å². The normalized spacial score (nSPS) is 10.9. The Labute approximate surface area is 200 Å². The van der Waals surface area contributed by atoms with Crippen molar-refractivity contribution in [1.82, 2.24) is 9.88 Å². The Morgan fingerprint density at radius 2 is 1.18 bits per heavy atom. The molecule has 0 aliphatic heterocycles. The van der Waals surface area contributed by atoms with Crippen molar-refractivity contribution in [2.24, 2.45) is 0 Å². The van der Waals surface area contributed by atoms with Crippen LogP contribution >= 0.6 is 11.6 Å². The number of pyridine rings is 1. The van der Waals surface area contributed by atoms with Gasteiger partial charge in [0.05, 0.1) is 14.2 Å². The molecular weight excluding hydrogens is 432 g/mol. The van der Waals surface area contributed by atoms with Gasteiger partial charge in [0.15, 0.2) is 0 Å². The van der Waals surface area contributed by atoms with Gasteiger partial charge >= 0.3 is 0 Å². The summed E-state index contributed by atoms with van der Waals surface area (Å²) in [5, 5.41) is 0.514. The Balaban J connectivity index is 1.67. The van der Waals surface area contributed by atoms with Crippen LogP contribution in [0, 0.1) is 0 Å². The van der Waals surface area contributed by atoms with E-state index in [2.05, 4.69) is 40.2 Å². The van der Waals surface area contributed by atoms with Crippen molar-refractivity contribution in [1.29, 1.82) is 0 Å². The van der Waals surface area contributed by atoms with Crippen molar-refractivity contribution in [2.45, 2.75) is 19.6 Å². The molecule has 0 aliphatic carbocycles. The van der Waals surface area contributed by atoms with Crippen LogP contribution < -0.4 is 9.47 Å². The molecule has 33 heavy (non-hydrogen) atoms. The van der Waals surface area contributed by atoms with Gasteiger partial charge in [0.25, 0.3) is 0 Å². The quantitative estimate of drug-likeness (QED) is 0.264. The molecule has 0 saturated carbocycles. The average molecular weight is 459 g/mol. The first-order chi connectivity index (χ1) is 16.2. The predicted molar refractivity (Wildman–Crippen MR) is 134 cm³/mol. The molecule has 1 heterocycles. The van der Waals surface area contributed by atoms with Crippen molar-refractivity contribution in [2.75, 3.05) is 14.2 Å². The van der Waals surface area contributed by atoms with Crippen LogP contribution in [0.15, 0.2) is 91.1 Å². The Hall–Kier alpha value is -3.34. The molecule has 0 radical (unpaired) electrons. The second-order valence-corrected chi connectivity index (χ2v) is 8.17. The SMILES string of the molecule is COc1ccccc1CN(Cc1ccccc1OC)Cc1cc(-c2ccccc2)cnc1Cl. The van der Waals surface area contributed by atoms with Gasteiger partial charge in [0, 0.05) is 48.1 Å². The number of ether oxygens (including phenoxy) is 2. The largest absolute Gasteiger partial charge is 0.496 e. The van der Waals surface area contributed by atoms with Crippen LogP contribution in [0.3, 0.4) is 0 Å². The minimum Gasteiger partial charge on any atom is -0.496 e. The lowest BCUT2D eigenvalue weighted by molar-refractivity contribution is 0.239. The lowest BCUT2D eigenvalue weighted by Gasteiger charge is -2.25. The fraction of sp³-hybridized carbons (Fsp3) is 0.179. The lowest BCUT2D eigenvalue weighted by atomic mass is 10.1. The third-order valence-corrected chi connectivity index (χ3v) is 5.93. The summed E-state index contributed by atoms with van der Waals surface area (Å²) in [5.41, 5.74) is 5.35. The van der Waals surface area contributed by atoms with Crippen LogP contribution in [0.4, 0.5) is 0 Å². The summed E-state index contributed by atoms with van der Waals surface area (Å²) in [6.07, 6.45) is 1.83. The van der Waals surface area contributed by atoms with Crippen molar-refractivity contribution in [3.63, 3.8) is 0 Å². The van der Waals surface area contributed by atoms with Gasteiger partial charge in [-0.05, 0) is 23.8 Å². The van der Waals surface area contributed by atoms with Gasteiger partial charge in [0.2, 0.25) is 0 Å². The third-order valence-electron chi connectivity index (χ3n) is 5.59. The maximum absolute atomic E-state index is 6.56. The zero-order valence-electron chi connectivity index (χ0n) is 18.9. The topological polar surface area (TPSA) is 34.6 Å². The van der Waals surface area contributed by atoms with Gasteiger partial charge in [-0.2, -0.15) is 0 Å². The average Bonchev–Trinajstić information content (AvgIpc) is 2.86. The Bertz CT molecular complexity index is 1150. The van der Waals surface area contributed by atoms with E-state index in [9.17, 15) is 0 Å². The Kier molecular flexibility index (Phi) is 7.61. The highest BCUT2D eigenvalue weighted by molar-refractivity contribution is 6.30. The van der Waals surface area contributed by atoms with E-state index < -0.39 is 0 Å². The molecule has 0 amide bonds. The number of nitrogens with zero attached hydrogens (tertiary/aromatic N) is 2. The third kappa shape index (κ3) is 5.72. The van der Waals surface area contributed by atoms with Crippen molar-refractivity contribution in [3.05, 3.63) is 113 Å². The van der Waals surface area contributed by atoms with E-state index in [1.807, 2.05) is 60.8 Å². The zero-order chi connectivity index (χ0) is 23.0. The van der Waals surface area contributed by atoms with Crippen LogP contribution in [0.2, 0.25) is 5.15 Å². The van der Waals surface area contributed by atoms with Crippen molar-refractivity contribution >= 4 is 11.6 Å². The minimum atomic E-state index is 0.514. The highest BCUT2D eigenvalue weighted by Gasteiger charge is 2.16. The minimum absolute atomic E-state index is 0.514.